The van der Waals surface area contributed by atoms with E-state index in [1.54, 1.807) is 0 Å². The van der Waals surface area contributed by atoms with Crippen LogP contribution < -0.4 is 10.6 Å². The molecule has 1 atom stereocenters. The lowest BCUT2D eigenvalue weighted by molar-refractivity contribution is 0.343. The summed E-state index contributed by atoms with van der Waals surface area (Å²) < 4.78 is 0. The third kappa shape index (κ3) is 3.14. The molecule has 1 heterocycles. The first-order valence-electron chi connectivity index (χ1n) is 6.41. The van der Waals surface area contributed by atoms with E-state index >= 15 is 0 Å². The Morgan fingerprint density at radius 2 is 2.06 bits per heavy atom. The predicted octanol–water partition coefficient (Wildman–Crippen LogP) is 3.45. The van der Waals surface area contributed by atoms with Crippen molar-refractivity contribution in [1.29, 1.82) is 0 Å². The molecule has 94 valence electrons. The number of piperidine rings is 1. The summed E-state index contributed by atoms with van der Waals surface area (Å²) >= 11 is 6.13. The maximum atomic E-state index is 6.13. The second kappa shape index (κ2) is 5.74. The van der Waals surface area contributed by atoms with Gasteiger partial charge < -0.3 is 10.6 Å². The third-order valence-electron chi connectivity index (χ3n) is 3.74. The molecular formula is C14H21ClN2. The lowest BCUT2D eigenvalue weighted by atomic mass is 9.91. The van der Waals surface area contributed by atoms with Crippen LogP contribution in [0.2, 0.25) is 5.02 Å². The SMILES string of the molecule is Cc1c(Cl)cccc1NC(C)C1CCNCC1. The van der Waals surface area contributed by atoms with Crippen LogP contribution in [-0.4, -0.2) is 19.1 Å². The number of rotatable bonds is 3. The van der Waals surface area contributed by atoms with E-state index < -0.39 is 0 Å². The Hall–Kier alpha value is -0.730. The van der Waals surface area contributed by atoms with Crippen molar-refractivity contribution in [2.45, 2.75) is 32.7 Å². The van der Waals surface area contributed by atoms with E-state index in [0.717, 1.165) is 29.6 Å². The molecule has 2 N–H and O–H groups in total. The quantitative estimate of drug-likeness (QED) is 0.861. The molecule has 2 rings (SSSR count). The van der Waals surface area contributed by atoms with E-state index in [4.69, 9.17) is 11.6 Å². The summed E-state index contributed by atoms with van der Waals surface area (Å²) in [5.74, 6) is 0.759. The fourth-order valence-corrected chi connectivity index (χ4v) is 2.65. The van der Waals surface area contributed by atoms with Gasteiger partial charge in [0.1, 0.15) is 0 Å². The number of anilines is 1. The molecule has 1 aromatic carbocycles. The molecule has 0 aliphatic carbocycles. The van der Waals surface area contributed by atoms with Gasteiger partial charge in [-0.1, -0.05) is 17.7 Å². The summed E-state index contributed by atoms with van der Waals surface area (Å²) in [4.78, 5) is 0. The van der Waals surface area contributed by atoms with Gasteiger partial charge in [-0.3, -0.25) is 0 Å². The van der Waals surface area contributed by atoms with Crippen LogP contribution in [0.3, 0.4) is 0 Å². The first kappa shape index (κ1) is 12.7. The van der Waals surface area contributed by atoms with Gasteiger partial charge in [-0.25, -0.2) is 0 Å². The smallest absolute Gasteiger partial charge is 0.0455 e. The molecule has 0 aromatic heterocycles. The highest BCUT2D eigenvalue weighted by molar-refractivity contribution is 6.31. The zero-order chi connectivity index (χ0) is 12.3. The van der Waals surface area contributed by atoms with Gasteiger partial charge in [0.25, 0.3) is 0 Å². The highest BCUT2D eigenvalue weighted by Crippen LogP contribution is 2.26. The second-order valence-electron chi connectivity index (χ2n) is 4.93. The number of halogens is 1. The Morgan fingerprint density at radius 3 is 2.76 bits per heavy atom. The fourth-order valence-electron chi connectivity index (χ4n) is 2.47. The normalized spacial score (nSPS) is 19.0. The van der Waals surface area contributed by atoms with Crippen molar-refractivity contribution in [1.82, 2.24) is 5.32 Å². The average molecular weight is 253 g/mol. The molecule has 17 heavy (non-hydrogen) atoms. The van der Waals surface area contributed by atoms with Crippen LogP contribution in [0.4, 0.5) is 5.69 Å². The Morgan fingerprint density at radius 1 is 1.35 bits per heavy atom. The molecule has 1 aliphatic heterocycles. The highest BCUT2D eigenvalue weighted by Gasteiger charge is 2.20. The standard InChI is InChI=1S/C14H21ClN2/c1-10-13(15)4-3-5-14(10)17-11(2)12-6-8-16-9-7-12/h3-5,11-12,16-17H,6-9H2,1-2H3. The van der Waals surface area contributed by atoms with E-state index in [-0.39, 0.29) is 0 Å². The summed E-state index contributed by atoms with van der Waals surface area (Å²) in [6.45, 7) is 6.63. The summed E-state index contributed by atoms with van der Waals surface area (Å²) in [6.07, 6.45) is 2.52. The summed E-state index contributed by atoms with van der Waals surface area (Å²) in [6, 6.07) is 6.57. The summed E-state index contributed by atoms with van der Waals surface area (Å²) in [5, 5.41) is 7.85. The average Bonchev–Trinajstić information content (AvgIpc) is 2.36. The number of nitrogens with one attached hydrogen (secondary N) is 2. The Bertz CT molecular complexity index is 372. The van der Waals surface area contributed by atoms with Crippen molar-refractivity contribution < 1.29 is 0 Å². The minimum atomic E-state index is 0.509. The number of hydrogen-bond acceptors (Lipinski definition) is 2. The topological polar surface area (TPSA) is 24.1 Å². The Balaban J connectivity index is 2.01. The first-order chi connectivity index (χ1) is 8.18. The van der Waals surface area contributed by atoms with Gasteiger partial charge in [-0.05, 0) is 63.4 Å². The van der Waals surface area contributed by atoms with Crippen molar-refractivity contribution in [3.63, 3.8) is 0 Å². The number of hydrogen-bond donors (Lipinski definition) is 2. The summed E-state index contributed by atoms with van der Waals surface area (Å²) in [5.41, 5.74) is 2.32. The lowest BCUT2D eigenvalue weighted by Gasteiger charge is -2.30. The molecule has 0 saturated carbocycles. The van der Waals surface area contributed by atoms with Crippen LogP contribution in [-0.2, 0) is 0 Å². The van der Waals surface area contributed by atoms with E-state index in [1.165, 1.54) is 18.5 Å². The highest BCUT2D eigenvalue weighted by atomic mass is 35.5. The molecule has 0 radical (unpaired) electrons. The van der Waals surface area contributed by atoms with Gasteiger partial charge in [0.15, 0.2) is 0 Å². The molecule has 3 heteroatoms. The first-order valence-corrected chi connectivity index (χ1v) is 6.78. The zero-order valence-corrected chi connectivity index (χ0v) is 11.3. The van der Waals surface area contributed by atoms with Crippen molar-refractivity contribution in [3.8, 4) is 0 Å². The maximum Gasteiger partial charge on any atom is 0.0455 e. The van der Waals surface area contributed by atoms with E-state index in [9.17, 15) is 0 Å². The zero-order valence-electron chi connectivity index (χ0n) is 10.6. The van der Waals surface area contributed by atoms with Gasteiger partial charge in [-0.15, -0.1) is 0 Å². The molecule has 1 saturated heterocycles. The monoisotopic (exact) mass is 252 g/mol. The van der Waals surface area contributed by atoms with Crippen molar-refractivity contribution in [3.05, 3.63) is 28.8 Å². The maximum absolute atomic E-state index is 6.13. The largest absolute Gasteiger partial charge is 0.382 e. The van der Waals surface area contributed by atoms with Crippen molar-refractivity contribution in [2.24, 2.45) is 5.92 Å². The van der Waals surface area contributed by atoms with Gasteiger partial charge in [0.05, 0.1) is 0 Å². The molecule has 2 nitrogen and oxygen atoms in total. The van der Waals surface area contributed by atoms with Crippen molar-refractivity contribution in [2.75, 3.05) is 18.4 Å². The van der Waals surface area contributed by atoms with E-state index in [0.29, 0.717) is 6.04 Å². The predicted molar refractivity (Wildman–Crippen MR) is 74.9 cm³/mol. The molecule has 0 spiro atoms. The molecular weight excluding hydrogens is 232 g/mol. The molecule has 0 amide bonds. The molecule has 1 aromatic rings. The van der Waals surface area contributed by atoms with Crippen LogP contribution in [0.1, 0.15) is 25.3 Å². The lowest BCUT2D eigenvalue weighted by Crippen LogP contribution is -2.36. The Labute approximate surface area is 109 Å². The summed E-state index contributed by atoms with van der Waals surface area (Å²) in [7, 11) is 0. The molecule has 0 bridgehead atoms. The molecule has 1 fully saturated rings. The van der Waals surface area contributed by atoms with E-state index in [2.05, 4.69) is 30.5 Å². The second-order valence-corrected chi connectivity index (χ2v) is 5.34. The van der Waals surface area contributed by atoms with Crippen LogP contribution in [0.15, 0.2) is 18.2 Å². The van der Waals surface area contributed by atoms with Gasteiger partial charge in [0, 0.05) is 16.8 Å². The van der Waals surface area contributed by atoms with Gasteiger partial charge in [-0.2, -0.15) is 0 Å². The van der Waals surface area contributed by atoms with Crippen LogP contribution in [0.5, 0.6) is 0 Å². The Kier molecular flexibility index (Phi) is 4.30. The minimum absolute atomic E-state index is 0.509. The minimum Gasteiger partial charge on any atom is -0.382 e. The third-order valence-corrected chi connectivity index (χ3v) is 4.15. The molecule has 1 unspecified atom stereocenters. The van der Waals surface area contributed by atoms with Crippen LogP contribution in [0, 0.1) is 12.8 Å². The fraction of sp³-hybridized carbons (Fsp3) is 0.571. The van der Waals surface area contributed by atoms with Gasteiger partial charge >= 0.3 is 0 Å². The number of benzene rings is 1. The van der Waals surface area contributed by atoms with Crippen LogP contribution >= 0.6 is 11.6 Å². The molecule has 1 aliphatic rings. The van der Waals surface area contributed by atoms with E-state index in [1.807, 2.05) is 12.1 Å². The van der Waals surface area contributed by atoms with Crippen molar-refractivity contribution >= 4 is 17.3 Å². The van der Waals surface area contributed by atoms with Crippen LogP contribution in [0.25, 0.3) is 0 Å². The van der Waals surface area contributed by atoms with Gasteiger partial charge in [0.2, 0.25) is 0 Å².